The van der Waals surface area contributed by atoms with E-state index in [0.717, 1.165) is 34.7 Å². The first-order chi connectivity index (χ1) is 8.28. The van der Waals surface area contributed by atoms with Crippen LogP contribution < -0.4 is 5.32 Å². The molecule has 0 aliphatic heterocycles. The summed E-state index contributed by atoms with van der Waals surface area (Å²) >= 11 is 3.39. The monoisotopic (exact) mass is 295 g/mol. The molecule has 4 nitrogen and oxygen atoms in total. The van der Waals surface area contributed by atoms with Crippen LogP contribution in [0.25, 0.3) is 0 Å². The molecule has 0 fully saturated rings. The molecule has 0 aliphatic carbocycles. The van der Waals surface area contributed by atoms with E-state index >= 15 is 0 Å². The van der Waals surface area contributed by atoms with Gasteiger partial charge in [-0.05, 0) is 28.4 Å². The smallest absolute Gasteiger partial charge is 0.132 e. The minimum absolute atomic E-state index is 0.700. The summed E-state index contributed by atoms with van der Waals surface area (Å²) in [7, 11) is 0. The van der Waals surface area contributed by atoms with E-state index in [1.807, 2.05) is 12.1 Å². The maximum absolute atomic E-state index is 5.01. The van der Waals surface area contributed by atoms with Crippen molar-refractivity contribution in [2.45, 2.75) is 26.3 Å². The van der Waals surface area contributed by atoms with Crippen molar-refractivity contribution < 1.29 is 4.42 Å². The third-order valence-corrected chi connectivity index (χ3v) is 2.67. The molecule has 0 saturated carbocycles. The minimum atomic E-state index is 0.700. The van der Waals surface area contributed by atoms with Crippen LogP contribution in [0.5, 0.6) is 0 Å². The van der Waals surface area contributed by atoms with Crippen LogP contribution in [0.15, 0.2) is 33.7 Å². The third-order valence-electron chi connectivity index (χ3n) is 2.27. The van der Waals surface area contributed by atoms with E-state index in [1.165, 1.54) is 0 Å². The average Bonchev–Trinajstić information content (AvgIpc) is 2.79. The molecule has 2 rings (SSSR count). The fourth-order valence-corrected chi connectivity index (χ4v) is 1.90. The SMILES string of the molecule is CCCc1nc(Br)cc(NCc2ccoc2)n1. The van der Waals surface area contributed by atoms with Gasteiger partial charge in [0.25, 0.3) is 0 Å². The summed E-state index contributed by atoms with van der Waals surface area (Å²) in [5.74, 6) is 1.69. The maximum atomic E-state index is 5.01. The van der Waals surface area contributed by atoms with E-state index in [0.29, 0.717) is 6.54 Å². The van der Waals surface area contributed by atoms with E-state index in [2.05, 4.69) is 38.1 Å². The molecule has 17 heavy (non-hydrogen) atoms. The highest BCUT2D eigenvalue weighted by Gasteiger charge is 2.02. The zero-order valence-electron chi connectivity index (χ0n) is 9.61. The second-order valence-electron chi connectivity index (χ2n) is 3.73. The van der Waals surface area contributed by atoms with Crippen LogP contribution in [-0.2, 0) is 13.0 Å². The Kier molecular flexibility index (Phi) is 4.14. The normalized spacial score (nSPS) is 10.5. The number of rotatable bonds is 5. The number of hydrogen-bond acceptors (Lipinski definition) is 4. The van der Waals surface area contributed by atoms with Gasteiger partial charge in [0, 0.05) is 24.6 Å². The molecule has 90 valence electrons. The predicted molar refractivity (Wildman–Crippen MR) is 69.8 cm³/mol. The second-order valence-corrected chi connectivity index (χ2v) is 4.54. The van der Waals surface area contributed by atoms with Crippen LogP contribution in [-0.4, -0.2) is 9.97 Å². The Labute approximate surface area is 109 Å². The van der Waals surface area contributed by atoms with Crippen molar-refractivity contribution in [2.75, 3.05) is 5.32 Å². The van der Waals surface area contributed by atoms with Crippen molar-refractivity contribution in [3.05, 3.63) is 40.7 Å². The van der Waals surface area contributed by atoms with Crippen molar-refractivity contribution in [3.63, 3.8) is 0 Å². The molecular formula is C12H14BrN3O. The summed E-state index contributed by atoms with van der Waals surface area (Å²) < 4.78 is 5.82. The molecule has 2 aromatic heterocycles. The summed E-state index contributed by atoms with van der Waals surface area (Å²) in [5, 5.41) is 3.25. The van der Waals surface area contributed by atoms with Crippen molar-refractivity contribution in [2.24, 2.45) is 0 Å². The lowest BCUT2D eigenvalue weighted by molar-refractivity contribution is 0.564. The van der Waals surface area contributed by atoms with Crippen molar-refractivity contribution in [3.8, 4) is 0 Å². The first-order valence-corrected chi connectivity index (χ1v) is 6.35. The third kappa shape index (κ3) is 3.56. The number of nitrogens with zero attached hydrogens (tertiary/aromatic N) is 2. The molecule has 0 spiro atoms. The number of nitrogens with one attached hydrogen (secondary N) is 1. The van der Waals surface area contributed by atoms with E-state index in [-0.39, 0.29) is 0 Å². The van der Waals surface area contributed by atoms with Crippen molar-refractivity contribution in [1.29, 1.82) is 0 Å². The van der Waals surface area contributed by atoms with E-state index in [1.54, 1.807) is 12.5 Å². The summed E-state index contributed by atoms with van der Waals surface area (Å²) in [6.45, 7) is 2.81. The highest BCUT2D eigenvalue weighted by Crippen LogP contribution is 2.14. The Hall–Kier alpha value is -1.36. The van der Waals surface area contributed by atoms with E-state index in [4.69, 9.17) is 4.42 Å². The van der Waals surface area contributed by atoms with Gasteiger partial charge in [-0.1, -0.05) is 6.92 Å². The van der Waals surface area contributed by atoms with E-state index < -0.39 is 0 Å². The zero-order chi connectivity index (χ0) is 12.1. The molecule has 0 unspecified atom stereocenters. The Bertz CT molecular complexity index is 471. The summed E-state index contributed by atoms with van der Waals surface area (Å²) in [4.78, 5) is 8.76. The fraction of sp³-hybridized carbons (Fsp3) is 0.333. The van der Waals surface area contributed by atoms with Gasteiger partial charge in [-0.15, -0.1) is 0 Å². The van der Waals surface area contributed by atoms with Crippen LogP contribution in [0.1, 0.15) is 24.7 Å². The molecule has 0 aromatic carbocycles. The Morgan fingerprint density at radius 1 is 1.41 bits per heavy atom. The lowest BCUT2D eigenvalue weighted by Gasteiger charge is -2.06. The largest absolute Gasteiger partial charge is 0.472 e. The van der Waals surface area contributed by atoms with Crippen LogP contribution in [0, 0.1) is 0 Å². The molecule has 2 aromatic rings. The molecule has 1 N–H and O–H groups in total. The van der Waals surface area contributed by atoms with Gasteiger partial charge in [0.2, 0.25) is 0 Å². The summed E-state index contributed by atoms with van der Waals surface area (Å²) in [5.41, 5.74) is 1.09. The van der Waals surface area contributed by atoms with Gasteiger partial charge in [-0.2, -0.15) is 0 Å². The minimum Gasteiger partial charge on any atom is -0.472 e. The van der Waals surface area contributed by atoms with Gasteiger partial charge in [0.05, 0.1) is 12.5 Å². The molecule has 0 atom stereocenters. The number of furan rings is 1. The summed E-state index contributed by atoms with van der Waals surface area (Å²) in [6.07, 6.45) is 5.31. The Morgan fingerprint density at radius 3 is 3.00 bits per heavy atom. The van der Waals surface area contributed by atoms with Gasteiger partial charge in [-0.25, -0.2) is 9.97 Å². The van der Waals surface area contributed by atoms with Gasteiger partial charge in [-0.3, -0.25) is 0 Å². The van der Waals surface area contributed by atoms with Gasteiger partial charge < -0.3 is 9.73 Å². The highest BCUT2D eigenvalue weighted by atomic mass is 79.9. The van der Waals surface area contributed by atoms with Crippen LogP contribution in [0.2, 0.25) is 0 Å². The van der Waals surface area contributed by atoms with Crippen molar-refractivity contribution in [1.82, 2.24) is 9.97 Å². The fourth-order valence-electron chi connectivity index (χ4n) is 1.48. The van der Waals surface area contributed by atoms with E-state index in [9.17, 15) is 0 Å². The number of aromatic nitrogens is 2. The molecule has 0 radical (unpaired) electrons. The van der Waals surface area contributed by atoms with Crippen LogP contribution >= 0.6 is 15.9 Å². The predicted octanol–water partition coefficient (Wildman–Crippen LogP) is 3.40. The number of aryl methyl sites for hydroxylation is 1. The van der Waals surface area contributed by atoms with Crippen LogP contribution in [0.3, 0.4) is 0 Å². The van der Waals surface area contributed by atoms with Crippen LogP contribution in [0.4, 0.5) is 5.82 Å². The summed E-state index contributed by atoms with van der Waals surface area (Å²) in [6, 6.07) is 3.80. The number of hydrogen-bond donors (Lipinski definition) is 1. The number of halogens is 1. The molecular weight excluding hydrogens is 282 g/mol. The van der Waals surface area contributed by atoms with Gasteiger partial charge in [0.1, 0.15) is 16.2 Å². The molecule has 0 bridgehead atoms. The average molecular weight is 296 g/mol. The molecule has 0 aliphatic rings. The number of anilines is 1. The molecule has 2 heterocycles. The zero-order valence-corrected chi connectivity index (χ0v) is 11.2. The Balaban J connectivity index is 2.04. The lowest BCUT2D eigenvalue weighted by atomic mass is 10.3. The quantitative estimate of drug-likeness (QED) is 0.859. The maximum Gasteiger partial charge on any atom is 0.132 e. The van der Waals surface area contributed by atoms with Gasteiger partial charge >= 0.3 is 0 Å². The molecule has 0 amide bonds. The molecule has 0 saturated heterocycles. The highest BCUT2D eigenvalue weighted by molar-refractivity contribution is 9.10. The van der Waals surface area contributed by atoms with Crippen molar-refractivity contribution >= 4 is 21.7 Å². The second kappa shape index (κ2) is 5.82. The standard InChI is InChI=1S/C12H14BrN3O/c1-2-3-11-15-10(13)6-12(16-11)14-7-9-4-5-17-8-9/h4-6,8H,2-3,7H2,1H3,(H,14,15,16). The first kappa shape index (κ1) is 12.1. The topological polar surface area (TPSA) is 51.0 Å². The Morgan fingerprint density at radius 2 is 2.29 bits per heavy atom. The lowest BCUT2D eigenvalue weighted by Crippen LogP contribution is -2.04. The van der Waals surface area contributed by atoms with Gasteiger partial charge in [0.15, 0.2) is 0 Å². The first-order valence-electron chi connectivity index (χ1n) is 5.56. The molecule has 5 heteroatoms.